The van der Waals surface area contributed by atoms with Crippen LogP contribution in [0.15, 0.2) is 54.6 Å². The van der Waals surface area contributed by atoms with Gasteiger partial charge in [-0.3, -0.25) is 4.90 Å². The molecular formula is C22H27NO2. The molecule has 3 heteroatoms. The predicted molar refractivity (Wildman–Crippen MR) is 99.6 cm³/mol. The van der Waals surface area contributed by atoms with E-state index in [4.69, 9.17) is 0 Å². The van der Waals surface area contributed by atoms with Crippen LogP contribution in [0.25, 0.3) is 0 Å². The molecule has 4 rings (SSSR count). The highest BCUT2D eigenvalue weighted by atomic mass is 16.3. The molecule has 2 bridgehead atoms. The number of aromatic hydroxyl groups is 1. The number of β-amino-alcohol motifs (C(OH)–C–C–N with tert-alkyl or cyclic N) is 1. The normalized spacial score (nSPS) is 27.8. The lowest BCUT2D eigenvalue weighted by atomic mass is 9.63. The number of hydrogen-bond donors (Lipinski definition) is 2. The Morgan fingerprint density at radius 3 is 2.72 bits per heavy atom. The summed E-state index contributed by atoms with van der Waals surface area (Å²) < 4.78 is 0. The van der Waals surface area contributed by atoms with Gasteiger partial charge in [-0.05, 0) is 60.9 Å². The summed E-state index contributed by atoms with van der Waals surface area (Å²) in [7, 11) is 0. The number of aliphatic hydroxyl groups excluding tert-OH is 1. The molecule has 0 aromatic heterocycles. The fourth-order valence-electron chi connectivity index (χ4n) is 4.90. The summed E-state index contributed by atoms with van der Waals surface area (Å²) >= 11 is 0. The van der Waals surface area contributed by atoms with Gasteiger partial charge >= 0.3 is 0 Å². The molecule has 3 nitrogen and oxygen atoms in total. The Morgan fingerprint density at radius 1 is 1.08 bits per heavy atom. The van der Waals surface area contributed by atoms with Gasteiger partial charge in [-0.2, -0.15) is 0 Å². The number of fused-ring (bicyclic) bond motifs is 2. The summed E-state index contributed by atoms with van der Waals surface area (Å²) in [5, 5.41) is 20.5. The largest absolute Gasteiger partial charge is 0.508 e. The molecule has 132 valence electrons. The van der Waals surface area contributed by atoms with E-state index in [1.54, 1.807) is 6.07 Å². The molecule has 2 aromatic carbocycles. The van der Waals surface area contributed by atoms with Crippen LogP contribution in [0.4, 0.5) is 0 Å². The van der Waals surface area contributed by atoms with Crippen LogP contribution in [-0.4, -0.2) is 34.2 Å². The van der Waals surface area contributed by atoms with Crippen molar-refractivity contribution >= 4 is 0 Å². The fourth-order valence-corrected chi connectivity index (χ4v) is 4.90. The summed E-state index contributed by atoms with van der Waals surface area (Å²) in [6.45, 7) is 1.73. The SMILES string of the molecule is Oc1cccc([C@@]23CCC[C@@H](C2)N(C[C@@H](O)c2ccccc2)CC3)c1. The molecule has 1 aliphatic carbocycles. The molecule has 1 heterocycles. The van der Waals surface area contributed by atoms with Crippen molar-refractivity contribution in [3.8, 4) is 5.75 Å². The minimum Gasteiger partial charge on any atom is -0.508 e. The first-order valence-corrected chi connectivity index (χ1v) is 9.43. The number of rotatable bonds is 4. The van der Waals surface area contributed by atoms with Crippen LogP contribution < -0.4 is 0 Å². The number of nitrogens with zero attached hydrogens (tertiary/aromatic N) is 1. The third-order valence-electron chi connectivity index (χ3n) is 6.26. The zero-order valence-corrected chi connectivity index (χ0v) is 14.6. The first-order chi connectivity index (χ1) is 12.2. The van der Waals surface area contributed by atoms with Gasteiger partial charge in [0.2, 0.25) is 0 Å². The van der Waals surface area contributed by atoms with E-state index in [1.807, 2.05) is 42.5 Å². The Labute approximate surface area is 149 Å². The molecule has 25 heavy (non-hydrogen) atoms. The number of hydrogen-bond acceptors (Lipinski definition) is 3. The van der Waals surface area contributed by atoms with Gasteiger partial charge in [-0.1, -0.05) is 48.9 Å². The van der Waals surface area contributed by atoms with Crippen molar-refractivity contribution in [1.29, 1.82) is 0 Å². The maximum Gasteiger partial charge on any atom is 0.115 e. The van der Waals surface area contributed by atoms with Crippen LogP contribution >= 0.6 is 0 Å². The standard InChI is InChI=1S/C22H27NO2/c24-20-10-4-8-18(14-20)22-11-5-9-19(15-22)23(13-12-22)16-21(25)17-6-2-1-3-7-17/h1-4,6-8,10,14,19,21,24-25H,5,9,11-13,15-16H2/t19-,21+,22+/m0/s1. The second-order valence-electron chi connectivity index (χ2n) is 7.75. The maximum absolute atomic E-state index is 10.6. The lowest BCUT2D eigenvalue weighted by molar-refractivity contribution is 0.0157. The first kappa shape index (κ1) is 16.6. The summed E-state index contributed by atoms with van der Waals surface area (Å²) in [5.41, 5.74) is 2.50. The van der Waals surface area contributed by atoms with Crippen molar-refractivity contribution < 1.29 is 10.2 Å². The third-order valence-corrected chi connectivity index (χ3v) is 6.26. The highest BCUT2D eigenvalue weighted by Crippen LogP contribution is 2.47. The Bertz CT molecular complexity index is 717. The summed E-state index contributed by atoms with van der Waals surface area (Å²) in [6.07, 6.45) is 5.46. The summed E-state index contributed by atoms with van der Waals surface area (Å²) in [4.78, 5) is 2.48. The highest BCUT2D eigenvalue weighted by molar-refractivity contribution is 5.34. The van der Waals surface area contributed by atoms with E-state index in [9.17, 15) is 10.2 Å². The van der Waals surface area contributed by atoms with Gasteiger partial charge in [-0.15, -0.1) is 0 Å². The summed E-state index contributed by atoms with van der Waals surface area (Å²) in [5.74, 6) is 0.371. The molecular weight excluding hydrogens is 310 g/mol. The Morgan fingerprint density at radius 2 is 1.92 bits per heavy atom. The zero-order valence-electron chi connectivity index (χ0n) is 14.6. The Kier molecular flexibility index (Phi) is 4.53. The van der Waals surface area contributed by atoms with E-state index in [-0.39, 0.29) is 5.41 Å². The van der Waals surface area contributed by atoms with Crippen molar-refractivity contribution in [2.45, 2.75) is 49.7 Å². The molecule has 3 atom stereocenters. The van der Waals surface area contributed by atoms with Crippen molar-refractivity contribution in [1.82, 2.24) is 4.90 Å². The van der Waals surface area contributed by atoms with Gasteiger partial charge in [0.15, 0.2) is 0 Å². The number of phenolic OH excluding ortho intramolecular Hbond substituents is 1. The second-order valence-corrected chi connectivity index (χ2v) is 7.75. The number of phenols is 1. The van der Waals surface area contributed by atoms with E-state index in [1.165, 1.54) is 24.8 Å². The van der Waals surface area contributed by atoms with Crippen molar-refractivity contribution in [2.24, 2.45) is 0 Å². The lowest BCUT2D eigenvalue weighted by Crippen LogP contribution is -2.52. The number of likely N-dealkylation sites (tertiary alicyclic amines) is 1. The average Bonchev–Trinajstić information content (AvgIpc) is 2.65. The van der Waals surface area contributed by atoms with Crippen LogP contribution in [0, 0.1) is 0 Å². The molecule has 2 fully saturated rings. The molecule has 0 amide bonds. The monoisotopic (exact) mass is 337 g/mol. The predicted octanol–water partition coefficient (Wildman–Crippen LogP) is 4.01. The third kappa shape index (κ3) is 3.31. The van der Waals surface area contributed by atoms with E-state index in [2.05, 4.69) is 11.0 Å². The highest BCUT2D eigenvalue weighted by Gasteiger charge is 2.43. The topological polar surface area (TPSA) is 43.7 Å². The van der Waals surface area contributed by atoms with E-state index in [0.717, 1.165) is 24.9 Å². The lowest BCUT2D eigenvalue weighted by Gasteiger charge is -2.51. The molecule has 2 aliphatic rings. The molecule has 0 unspecified atom stereocenters. The van der Waals surface area contributed by atoms with Crippen LogP contribution in [0.2, 0.25) is 0 Å². The maximum atomic E-state index is 10.6. The number of aliphatic hydroxyl groups is 1. The van der Waals surface area contributed by atoms with Gasteiger partial charge in [-0.25, -0.2) is 0 Å². The zero-order chi connectivity index (χ0) is 17.3. The van der Waals surface area contributed by atoms with E-state index >= 15 is 0 Å². The van der Waals surface area contributed by atoms with Gasteiger partial charge in [0, 0.05) is 12.6 Å². The summed E-state index contributed by atoms with van der Waals surface area (Å²) in [6, 6.07) is 18.4. The Hall–Kier alpha value is -1.84. The molecule has 2 N–H and O–H groups in total. The molecule has 1 aliphatic heterocycles. The fraction of sp³-hybridized carbons (Fsp3) is 0.455. The Balaban J connectivity index is 1.49. The van der Waals surface area contributed by atoms with Crippen LogP contribution in [0.3, 0.4) is 0 Å². The molecule has 1 saturated carbocycles. The quantitative estimate of drug-likeness (QED) is 0.886. The van der Waals surface area contributed by atoms with Crippen LogP contribution in [-0.2, 0) is 5.41 Å². The molecule has 0 spiro atoms. The number of benzene rings is 2. The molecule has 1 saturated heterocycles. The van der Waals surface area contributed by atoms with E-state index < -0.39 is 6.10 Å². The molecule has 2 aromatic rings. The van der Waals surface area contributed by atoms with Crippen LogP contribution in [0.5, 0.6) is 5.75 Å². The van der Waals surface area contributed by atoms with Crippen molar-refractivity contribution in [2.75, 3.05) is 13.1 Å². The van der Waals surface area contributed by atoms with Gasteiger partial charge < -0.3 is 10.2 Å². The smallest absolute Gasteiger partial charge is 0.115 e. The van der Waals surface area contributed by atoms with Crippen LogP contribution in [0.1, 0.15) is 49.3 Å². The average molecular weight is 337 g/mol. The van der Waals surface area contributed by atoms with Crippen molar-refractivity contribution in [3.05, 3.63) is 65.7 Å². The van der Waals surface area contributed by atoms with Gasteiger partial charge in [0.1, 0.15) is 5.75 Å². The molecule has 0 radical (unpaired) electrons. The van der Waals surface area contributed by atoms with Gasteiger partial charge in [0.25, 0.3) is 0 Å². The number of piperidine rings is 1. The second kappa shape index (κ2) is 6.81. The van der Waals surface area contributed by atoms with Gasteiger partial charge in [0.05, 0.1) is 6.10 Å². The van der Waals surface area contributed by atoms with E-state index in [0.29, 0.717) is 18.3 Å². The minimum absolute atomic E-state index is 0.204. The van der Waals surface area contributed by atoms with Crippen molar-refractivity contribution in [3.63, 3.8) is 0 Å². The minimum atomic E-state index is -0.420. The first-order valence-electron chi connectivity index (χ1n) is 9.43.